The lowest BCUT2D eigenvalue weighted by molar-refractivity contribution is 0.417. The van der Waals surface area contributed by atoms with Crippen molar-refractivity contribution in [1.82, 2.24) is 0 Å². The summed E-state index contributed by atoms with van der Waals surface area (Å²) in [4.78, 5) is 0. The lowest BCUT2D eigenvalue weighted by Crippen LogP contribution is -2.05. The lowest BCUT2D eigenvalue weighted by atomic mass is 9.81. The molecular weight excluding hydrogens is 208 g/mol. The van der Waals surface area contributed by atoms with Gasteiger partial charge in [-0.15, -0.1) is 0 Å². The zero-order chi connectivity index (χ0) is 11.7. The fourth-order valence-corrected chi connectivity index (χ4v) is 3.10. The predicted octanol–water partition coefficient (Wildman–Crippen LogP) is 4.59. The summed E-state index contributed by atoms with van der Waals surface area (Å²) in [6, 6.07) is 12.3. The summed E-state index contributed by atoms with van der Waals surface area (Å²) < 4.78 is 0. The number of benzene rings is 2. The minimum Gasteiger partial charge on any atom is -0.508 e. The molecule has 2 aromatic carbocycles. The van der Waals surface area contributed by atoms with Gasteiger partial charge < -0.3 is 5.11 Å². The lowest BCUT2D eigenvalue weighted by Gasteiger charge is -2.24. The monoisotopic (exact) mass is 226 g/mol. The van der Waals surface area contributed by atoms with Gasteiger partial charge in [0.1, 0.15) is 5.75 Å². The van der Waals surface area contributed by atoms with Gasteiger partial charge in [0.2, 0.25) is 0 Å². The Kier molecular flexibility index (Phi) is 2.76. The van der Waals surface area contributed by atoms with Crippen LogP contribution in [0.4, 0.5) is 0 Å². The van der Waals surface area contributed by atoms with Gasteiger partial charge in [0.25, 0.3) is 0 Å². The second kappa shape index (κ2) is 4.40. The van der Waals surface area contributed by atoms with E-state index in [0.717, 1.165) is 0 Å². The maximum absolute atomic E-state index is 10.2. The van der Waals surface area contributed by atoms with Crippen molar-refractivity contribution in [2.75, 3.05) is 0 Å². The molecule has 0 spiro atoms. The molecule has 88 valence electrons. The molecule has 0 unspecified atom stereocenters. The second-order valence-corrected chi connectivity index (χ2v) is 5.05. The Morgan fingerprint density at radius 1 is 0.882 bits per heavy atom. The first-order valence-electron chi connectivity index (χ1n) is 6.57. The van der Waals surface area contributed by atoms with E-state index in [1.54, 1.807) is 0 Å². The van der Waals surface area contributed by atoms with E-state index in [1.807, 2.05) is 12.1 Å². The summed E-state index contributed by atoms with van der Waals surface area (Å²) in [5.74, 6) is 1.03. The average molecular weight is 226 g/mol. The predicted molar refractivity (Wildman–Crippen MR) is 71.4 cm³/mol. The van der Waals surface area contributed by atoms with Crippen molar-refractivity contribution in [3.05, 3.63) is 42.0 Å². The molecule has 0 heterocycles. The largest absolute Gasteiger partial charge is 0.508 e. The number of rotatable bonds is 1. The molecule has 3 rings (SSSR count). The Morgan fingerprint density at radius 3 is 2.47 bits per heavy atom. The van der Waals surface area contributed by atoms with Gasteiger partial charge in [0.15, 0.2) is 0 Å². The summed E-state index contributed by atoms with van der Waals surface area (Å²) in [5, 5.41) is 12.6. The summed E-state index contributed by atoms with van der Waals surface area (Å²) in [6.45, 7) is 0. The van der Waals surface area contributed by atoms with E-state index in [1.165, 1.54) is 48.4 Å². The quantitative estimate of drug-likeness (QED) is 0.753. The molecule has 1 nitrogen and oxygen atoms in total. The number of hydrogen-bond acceptors (Lipinski definition) is 1. The van der Waals surface area contributed by atoms with Gasteiger partial charge in [0.05, 0.1) is 0 Å². The highest BCUT2D eigenvalue weighted by atomic mass is 16.3. The maximum atomic E-state index is 10.2. The van der Waals surface area contributed by atoms with E-state index in [0.29, 0.717) is 11.7 Å². The van der Waals surface area contributed by atoms with E-state index >= 15 is 0 Å². The molecular formula is C16H18O. The number of hydrogen-bond donors (Lipinski definition) is 1. The zero-order valence-corrected chi connectivity index (χ0v) is 10.0. The maximum Gasteiger partial charge on any atom is 0.119 e. The molecule has 2 aromatic rings. The summed E-state index contributed by atoms with van der Waals surface area (Å²) in [7, 11) is 0. The van der Waals surface area contributed by atoms with Gasteiger partial charge in [-0.25, -0.2) is 0 Å². The van der Waals surface area contributed by atoms with E-state index in [9.17, 15) is 5.11 Å². The SMILES string of the molecule is Oc1ccc2ccccc2c1C1CCCCC1. The number of fused-ring (bicyclic) bond motifs is 1. The van der Waals surface area contributed by atoms with Gasteiger partial charge in [-0.05, 0) is 35.6 Å². The molecule has 17 heavy (non-hydrogen) atoms. The van der Waals surface area contributed by atoms with Crippen molar-refractivity contribution in [2.45, 2.75) is 38.0 Å². The van der Waals surface area contributed by atoms with Crippen molar-refractivity contribution < 1.29 is 5.11 Å². The first kappa shape index (κ1) is 10.6. The molecule has 1 aliphatic rings. The van der Waals surface area contributed by atoms with Gasteiger partial charge in [0, 0.05) is 5.56 Å². The van der Waals surface area contributed by atoms with Crippen LogP contribution in [0.25, 0.3) is 10.8 Å². The fourth-order valence-electron chi connectivity index (χ4n) is 3.10. The molecule has 1 saturated carbocycles. The first-order valence-corrected chi connectivity index (χ1v) is 6.57. The molecule has 0 saturated heterocycles. The molecule has 1 N–H and O–H groups in total. The average Bonchev–Trinajstić information content (AvgIpc) is 2.39. The summed E-state index contributed by atoms with van der Waals surface area (Å²) in [5.41, 5.74) is 1.18. The number of phenols is 1. The van der Waals surface area contributed by atoms with Crippen LogP contribution in [-0.4, -0.2) is 5.11 Å². The molecule has 1 fully saturated rings. The highest BCUT2D eigenvalue weighted by molar-refractivity contribution is 5.88. The van der Waals surface area contributed by atoms with Crippen LogP contribution in [0.3, 0.4) is 0 Å². The third kappa shape index (κ3) is 1.90. The molecule has 1 aliphatic carbocycles. The topological polar surface area (TPSA) is 20.2 Å². The third-order valence-electron chi connectivity index (χ3n) is 3.96. The Hall–Kier alpha value is -1.50. The molecule has 1 heteroatoms. The van der Waals surface area contributed by atoms with Crippen LogP contribution in [-0.2, 0) is 0 Å². The van der Waals surface area contributed by atoms with E-state index in [2.05, 4.69) is 24.3 Å². The molecule has 0 aliphatic heterocycles. The molecule has 0 aromatic heterocycles. The van der Waals surface area contributed by atoms with Crippen LogP contribution in [0, 0.1) is 0 Å². The van der Waals surface area contributed by atoms with Crippen molar-refractivity contribution in [1.29, 1.82) is 0 Å². The Balaban J connectivity index is 2.15. The standard InChI is InChI=1S/C16H18O/c17-15-11-10-12-6-4-5-9-14(12)16(15)13-7-2-1-3-8-13/h4-6,9-11,13,17H,1-3,7-8H2. The fraction of sp³-hybridized carbons (Fsp3) is 0.375. The van der Waals surface area contributed by atoms with Crippen molar-refractivity contribution in [3.63, 3.8) is 0 Å². The number of aromatic hydroxyl groups is 1. The van der Waals surface area contributed by atoms with Crippen molar-refractivity contribution in [2.24, 2.45) is 0 Å². The van der Waals surface area contributed by atoms with Crippen molar-refractivity contribution >= 4 is 10.8 Å². The van der Waals surface area contributed by atoms with Gasteiger partial charge in [-0.2, -0.15) is 0 Å². The smallest absolute Gasteiger partial charge is 0.119 e. The summed E-state index contributed by atoms with van der Waals surface area (Å²) in [6.07, 6.45) is 6.39. The van der Waals surface area contributed by atoms with Gasteiger partial charge in [-0.1, -0.05) is 49.6 Å². The van der Waals surface area contributed by atoms with E-state index < -0.39 is 0 Å². The highest BCUT2D eigenvalue weighted by Gasteiger charge is 2.20. The van der Waals surface area contributed by atoms with E-state index in [-0.39, 0.29) is 0 Å². The first-order chi connectivity index (χ1) is 8.36. The van der Waals surface area contributed by atoms with Gasteiger partial charge >= 0.3 is 0 Å². The zero-order valence-electron chi connectivity index (χ0n) is 10.0. The van der Waals surface area contributed by atoms with Crippen LogP contribution in [0.5, 0.6) is 5.75 Å². The van der Waals surface area contributed by atoms with Crippen LogP contribution in [0.2, 0.25) is 0 Å². The van der Waals surface area contributed by atoms with Crippen LogP contribution in [0.15, 0.2) is 36.4 Å². The Bertz CT molecular complexity index is 524. The highest BCUT2D eigenvalue weighted by Crippen LogP contribution is 2.40. The minimum atomic E-state index is 0.482. The molecule has 0 bridgehead atoms. The molecule has 0 amide bonds. The molecule has 0 atom stereocenters. The van der Waals surface area contributed by atoms with Crippen LogP contribution < -0.4 is 0 Å². The minimum absolute atomic E-state index is 0.482. The second-order valence-electron chi connectivity index (χ2n) is 5.05. The van der Waals surface area contributed by atoms with Crippen LogP contribution >= 0.6 is 0 Å². The Morgan fingerprint density at radius 2 is 1.65 bits per heavy atom. The van der Waals surface area contributed by atoms with Gasteiger partial charge in [-0.3, -0.25) is 0 Å². The normalized spacial score (nSPS) is 17.4. The third-order valence-corrected chi connectivity index (χ3v) is 3.96. The van der Waals surface area contributed by atoms with E-state index in [4.69, 9.17) is 0 Å². The van der Waals surface area contributed by atoms with Crippen LogP contribution in [0.1, 0.15) is 43.6 Å². The summed E-state index contributed by atoms with van der Waals surface area (Å²) >= 11 is 0. The molecule has 0 radical (unpaired) electrons. The number of phenolic OH excluding ortho intramolecular Hbond substituents is 1. The Labute approximate surface area is 102 Å². The van der Waals surface area contributed by atoms with Crippen molar-refractivity contribution in [3.8, 4) is 5.75 Å².